The number of nitrogens with one attached hydrogen (secondary N) is 1. The summed E-state index contributed by atoms with van der Waals surface area (Å²) in [6.07, 6.45) is 1.16. The molecule has 0 aliphatic heterocycles. The fourth-order valence-electron chi connectivity index (χ4n) is 1.11. The lowest BCUT2D eigenvalue weighted by molar-refractivity contribution is -0.137. The lowest BCUT2D eigenvalue weighted by atomic mass is 10.2. The van der Waals surface area contributed by atoms with Gasteiger partial charge in [0.2, 0.25) is 0 Å². The van der Waals surface area contributed by atoms with Crippen LogP contribution in [0.3, 0.4) is 0 Å². The zero-order valence-corrected chi connectivity index (χ0v) is 8.61. The van der Waals surface area contributed by atoms with Crippen LogP contribution in [0.4, 0.5) is 0 Å². The molecular weight excluding hydrogens is 190 g/mol. The van der Waals surface area contributed by atoms with Gasteiger partial charge in [-0.1, -0.05) is 36.9 Å². The SMILES string of the molecule is C=CC(=O)OCCNCc1ccccc1. The Morgan fingerprint density at radius 2 is 2.13 bits per heavy atom. The molecule has 0 saturated heterocycles. The highest BCUT2D eigenvalue weighted by Gasteiger charge is 1.94. The monoisotopic (exact) mass is 205 g/mol. The molecule has 1 rings (SSSR count). The molecule has 1 N–H and O–H groups in total. The van der Waals surface area contributed by atoms with Crippen LogP contribution in [0.1, 0.15) is 5.56 Å². The summed E-state index contributed by atoms with van der Waals surface area (Å²) in [7, 11) is 0. The smallest absolute Gasteiger partial charge is 0.330 e. The van der Waals surface area contributed by atoms with E-state index in [-0.39, 0.29) is 5.97 Å². The minimum Gasteiger partial charge on any atom is -0.461 e. The van der Waals surface area contributed by atoms with Crippen LogP contribution in [0.15, 0.2) is 43.0 Å². The highest BCUT2D eigenvalue weighted by Crippen LogP contribution is 1.96. The van der Waals surface area contributed by atoms with E-state index in [2.05, 4.69) is 11.9 Å². The van der Waals surface area contributed by atoms with Crippen molar-refractivity contribution in [2.75, 3.05) is 13.2 Å². The van der Waals surface area contributed by atoms with Crippen molar-refractivity contribution in [1.29, 1.82) is 0 Å². The van der Waals surface area contributed by atoms with Crippen LogP contribution in [0.2, 0.25) is 0 Å². The van der Waals surface area contributed by atoms with E-state index in [0.29, 0.717) is 13.2 Å². The van der Waals surface area contributed by atoms with Crippen molar-refractivity contribution < 1.29 is 9.53 Å². The quantitative estimate of drug-likeness (QED) is 0.434. The maximum Gasteiger partial charge on any atom is 0.330 e. The van der Waals surface area contributed by atoms with Crippen LogP contribution in [0, 0.1) is 0 Å². The topological polar surface area (TPSA) is 38.3 Å². The van der Waals surface area contributed by atoms with E-state index >= 15 is 0 Å². The second-order valence-electron chi connectivity index (χ2n) is 3.03. The molecule has 1 aromatic carbocycles. The largest absolute Gasteiger partial charge is 0.461 e. The zero-order chi connectivity index (χ0) is 10.9. The van der Waals surface area contributed by atoms with Gasteiger partial charge >= 0.3 is 5.97 Å². The van der Waals surface area contributed by atoms with Gasteiger partial charge in [0.25, 0.3) is 0 Å². The van der Waals surface area contributed by atoms with Gasteiger partial charge in [0.15, 0.2) is 0 Å². The fourth-order valence-corrected chi connectivity index (χ4v) is 1.11. The first-order chi connectivity index (χ1) is 7.33. The van der Waals surface area contributed by atoms with Crippen molar-refractivity contribution >= 4 is 5.97 Å². The van der Waals surface area contributed by atoms with Crippen molar-refractivity contribution in [3.8, 4) is 0 Å². The van der Waals surface area contributed by atoms with Gasteiger partial charge in [-0.05, 0) is 5.56 Å². The first-order valence-corrected chi connectivity index (χ1v) is 4.87. The van der Waals surface area contributed by atoms with E-state index < -0.39 is 0 Å². The van der Waals surface area contributed by atoms with Gasteiger partial charge in [-0.15, -0.1) is 0 Å². The molecule has 0 aromatic heterocycles. The molecule has 0 fully saturated rings. The van der Waals surface area contributed by atoms with Crippen LogP contribution in [0.25, 0.3) is 0 Å². The van der Waals surface area contributed by atoms with Gasteiger partial charge in [-0.3, -0.25) is 0 Å². The fraction of sp³-hybridized carbons (Fsp3) is 0.250. The van der Waals surface area contributed by atoms with Crippen LogP contribution >= 0.6 is 0 Å². The first kappa shape index (κ1) is 11.5. The summed E-state index contributed by atoms with van der Waals surface area (Å²) in [6, 6.07) is 10.1. The summed E-state index contributed by atoms with van der Waals surface area (Å²) in [5.74, 6) is -0.378. The Hall–Kier alpha value is -1.61. The van der Waals surface area contributed by atoms with Crippen LogP contribution in [-0.2, 0) is 16.1 Å². The number of esters is 1. The minimum absolute atomic E-state index is 0.373. The van der Waals surface area contributed by atoms with Gasteiger partial charge in [0.05, 0.1) is 0 Å². The standard InChI is InChI=1S/C12H15NO2/c1-2-12(14)15-9-8-13-10-11-6-4-3-5-7-11/h2-7,13H,1,8-10H2. The van der Waals surface area contributed by atoms with Crippen molar-refractivity contribution in [2.45, 2.75) is 6.54 Å². The first-order valence-electron chi connectivity index (χ1n) is 4.87. The van der Waals surface area contributed by atoms with Gasteiger partial charge in [-0.2, -0.15) is 0 Å². The van der Waals surface area contributed by atoms with Gasteiger partial charge < -0.3 is 10.1 Å². The third-order valence-electron chi connectivity index (χ3n) is 1.86. The predicted molar refractivity (Wildman–Crippen MR) is 59.3 cm³/mol. The summed E-state index contributed by atoms with van der Waals surface area (Å²) in [5.41, 5.74) is 1.22. The predicted octanol–water partition coefficient (Wildman–Crippen LogP) is 1.51. The summed E-state index contributed by atoms with van der Waals surface area (Å²) < 4.78 is 4.81. The molecule has 0 unspecified atom stereocenters. The summed E-state index contributed by atoms with van der Waals surface area (Å²) in [6.45, 7) is 5.12. The lowest BCUT2D eigenvalue weighted by Crippen LogP contribution is -2.20. The molecule has 0 radical (unpaired) electrons. The lowest BCUT2D eigenvalue weighted by Gasteiger charge is -2.04. The molecule has 3 heteroatoms. The molecular formula is C12H15NO2. The molecule has 0 bridgehead atoms. The summed E-state index contributed by atoms with van der Waals surface area (Å²) in [4.78, 5) is 10.7. The molecule has 0 saturated carbocycles. The molecule has 0 atom stereocenters. The van der Waals surface area contributed by atoms with Gasteiger partial charge in [0.1, 0.15) is 6.61 Å². The van der Waals surface area contributed by atoms with Crippen molar-refractivity contribution in [1.82, 2.24) is 5.32 Å². The average molecular weight is 205 g/mol. The van der Waals surface area contributed by atoms with E-state index in [0.717, 1.165) is 12.6 Å². The minimum atomic E-state index is -0.378. The van der Waals surface area contributed by atoms with Crippen LogP contribution < -0.4 is 5.32 Å². The number of carbonyl (C=O) groups excluding carboxylic acids is 1. The second kappa shape index (κ2) is 6.79. The maximum absolute atomic E-state index is 10.7. The number of benzene rings is 1. The number of hydrogen-bond acceptors (Lipinski definition) is 3. The Labute approximate surface area is 89.8 Å². The maximum atomic E-state index is 10.7. The Balaban J connectivity index is 2.07. The number of ether oxygens (including phenoxy) is 1. The molecule has 3 nitrogen and oxygen atoms in total. The van der Waals surface area contributed by atoms with Crippen molar-refractivity contribution in [3.05, 3.63) is 48.6 Å². The van der Waals surface area contributed by atoms with Crippen molar-refractivity contribution in [3.63, 3.8) is 0 Å². The Bertz CT molecular complexity index is 309. The van der Waals surface area contributed by atoms with Gasteiger partial charge in [0, 0.05) is 19.2 Å². The Kier molecular flexibility index (Phi) is 5.19. The second-order valence-corrected chi connectivity index (χ2v) is 3.03. The number of hydrogen-bond donors (Lipinski definition) is 1. The van der Waals surface area contributed by atoms with E-state index in [9.17, 15) is 4.79 Å². The molecule has 1 aromatic rings. The number of rotatable bonds is 6. The van der Waals surface area contributed by atoms with E-state index in [1.54, 1.807) is 0 Å². The molecule has 0 aliphatic rings. The summed E-state index contributed by atoms with van der Waals surface area (Å²) >= 11 is 0. The summed E-state index contributed by atoms with van der Waals surface area (Å²) in [5, 5.41) is 3.17. The Morgan fingerprint density at radius 3 is 2.80 bits per heavy atom. The zero-order valence-electron chi connectivity index (χ0n) is 8.61. The third-order valence-corrected chi connectivity index (χ3v) is 1.86. The van der Waals surface area contributed by atoms with Crippen molar-refractivity contribution in [2.24, 2.45) is 0 Å². The molecule has 0 spiro atoms. The van der Waals surface area contributed by atoms with Crippen LogP contribution in [0.5, 0.6) is 0 Å². The molecule has 0 aliphatic carbocycles. The molecule has 80 valence electrons. The van der Waals surface area contributed by atoms with E-state index in [1.807, 2.05) is 30.3 Å². The molecule has 0 heterocycles. The third kappa shape index (κ3) is 4.98. The normalized spacial score (nSPS) is 9.60. The van der Waals surface area contributed by atoms with Crippen LogP contribution in [-0.4, -0.2) is 19.1 Å². The number of carbonyl (C=O) groups is 1. The highest BCUT2D eigenvalue weighted by atomic mass is 16.5. The highest BCUT2D eigenvalue weighted by molar-refractivity contribution is 5.81. The average Bonchev–Trinajstić information content (AvgIpc) is 2.29. The molecule has 0 amide bonds. The van der Waals surface area contributed by atoms with E-state index in [1.165, 1.54) is 5.56 Å². The van der Waals surface area contributed by atoms with Gasteiger partial charge in [-0.25, -0.2) is 4.79 Å². The van der Waals surface area contributed by atoms with E-state index in [4.69, 9.17) is 4.74 Å². The molecule has 15 heavy (non-hydrogen) atoms. The Morgan fingerprint density at radius 1 is 1.40 bits per heavy atom.